The summed E-state index contributed by atoms with van der Waals surface area (Å²) in [5.74, 6) is -1.36. The number of hydrogen-bond donors (Lipinski definition) is 2. The lowest BCUT2D eigenvalue weighted by molar-refractivity contribution is 0.0697. The second kappa shape index (κ2) is 10.3. The van der Waals surface area contributed by atoms with Gasteiger partial charge in [0.2, 0.25) is 10.0 Å². The van der Waals surface area contributed by atoms with E-state index in [1.165, 1.54) is 12.1 Å². The van der Waals surface area contributed by atoms with Crippen molar-refractivity contribution in [2.75, 3.05) is 42.3 Å². The molecule has 1 aliphatic heterocycles. The van der Waals surface area contributed by atoms with Crippen LogP contribution in [0.5, 0.6) is 0 Å². The number of rotatable bonds is 7. The first-order valence-corrected chi connectivity index (χ1v) is 11.4. The minimum atomic E-state index is -3.76. The molecule has 0 unspecified atom stereocenters. The minimum Gasteiger partial charge on any atom is -0.478 e. The molecule has 1 aliphatic rings. The van der Waals surface area contributed by atoms with Gasteiger partial charge in [0, 0.05) is 31.2 Å². The quantitative estimate of drug-likeness (QED) is 0.638. The number of carbonyl (C=O) groups is 1. The summed E-state index contributed by atoms with van der Waals surface area (Å²) in [7, 11) is -3.76. The van der Waals surface area contributed by atoms with Crippen LogP contribution in [0.25, 0.3) is 0 Å². The lowest BCUT2D eigenvalue weighted by atomic mass is 10.1. The smallest absolute Gasteiger partial charge is 0.335 e. The predicted octanol–water partition coefficient (Wildman–Crippen LogP) is 3.54. The van der Waals surface area contributed by atoms with Crippen molar-refractivity contribution in [3.05, 3.63) is 58.6 Å². The van der Waals surface area contributed by atoms with Crippen LogP contribution in [0.15, 0.2) is 42.5 Å². The summed E-state index contributed by atoms with van der Waals surface area (Å²) in [4.78, 5) is 15.8. The maximum Gasteiger partial charge on any atom is 0.335 e. The molecule has 2 aromatic rings. The highest BCUT2D eigenvalue weighted by Crippen LogP contribution is 2.30. The normalized spacial score (nSPS) is 14.8. The van der Waals surface area contributed by atoms with Gasteiger partial charge in [-0.05, 0) is 42.4 Å². The van der Waals surface area contributed by atoms with Crippen LogP contribution < -0.4 is 9.62 Å². The van der Waals surface area contributed by atoms with Crippen LogP contribution in [-0.4, -0.2) is 57.1 Å². The van der Waals surface area contributed by atoms with Crippen molar-refractivity contribution in [3.63, 3.8) is 0 Å². The molecule has 2 aromatic carbocycles. The van der Waals surface area contributed by atoms with E-state index in [0.717, 1.165) is 32.7 Å². The van der Waals surface area contributed by atoms with Crippen LogP contribution in [0.4, 0.5) is 11.4 Å². The van der Waals surface area contributed by atoms with Gasteiger partial charge < -0.3 is 14.9 Å². The highest BCUT2D eigenvalue weighted by atomic mass is 35.5. The van der Waals surface area contributed by atoms with Gasteiger partial charge in [-0.2, -0.15) is 0 Å². The van der Waals surface area contributed by atoms with E-state index in [1.807, 2.05) is 0 Å². The fourth-order valence-electron chi connectivity index (χ4n) is 3.38. The van der Waals surface area contributed by atoms with E-state index in [2.05, 4.69) is 21.4 Å². The van der Waals surface area contributed by atoms with Crippen LogP contribution in [0.3, 0.4) is 0 Å². The molecule has 7 nitrogen and oxygen atoms in total. The second-order valence-corrected chi connectivity index (χ2v) is 9.11. The van der Waals surface area contributed by atoms with E-state index in [0.29, 0.717) is 16.3 Å². The Kier molecular flexibility index (Phi) is 8.37. The number of piperazine rings is 1. The van der Waals surface area contributed by atoms with E-state index < -0.39 is 16.0 Å². The van der Waals surface area contributed by atoms with E-state index >= 15 is 0 Å². The van der Waals surface area contributed by atoms with Gasteiger partial charge in [-0.15, -0.1) is 12.4 Å². The van der Waals surface area contributed by atoms with Crippen LogP contribution in [0.1, 0.15) is 22.8 Å². The summed E-state index contributed by atoms with van der Waals surface area (Å²) < 4.78 is 28.1. The summed E-state index contributed by atoms with van der Waals surface area (Å²) in [5.41, 5.74) is 1.54. The van der Waals surface area contributed by atoms with E-state index in [4.69, 9.17) is 11.6 Å². The van der Waals surface area contributed by atoms with Gasteiger partial charge in [-0.1, -0.05) is 30.7 Å². The maximum atomic E-state index is 12.8. The Hall–Kier alpha value is -2.00. The Morgan fingerprint density at radius 1 is 1.13 bits per heavy atom. The molecule has 0 saturated carbocycles. The number of benzene rings is 2. The summed E-state index contributed by atoms with van der Waals surface area (Å²) >= 11 is 5.95. The highest BCUT2D eigenvalue weighted by molar-refractivity contribution is 7.91. The van der Waals surface area contributed by atoms with Crippen LogP contribution >= 0.6 is 24.0 Å². The fraction of sp³-hybridized carbons (Fsp3) is 0.350. The lowest BCUT2D eigenvalue weighted by Crippen LogP contribution is -2.46. The number of carboxylic acids is 1. The number of nitrogens with one attached hydrogen (secondary N) is 1. The van der Waals surface area contributed by atoms with Gasteiger partial charge in [0.25, 0.3) is 0 Å². The Balaban J connectivity index is 0.00000320. The van der Waals surface area contributed by atoms with E-state index in [1.54, 1.807) is 30.3 Å². The summed E-state index contributed by atoms with van der Waals surface area (Å²) in [6, 6.07) is 11.2. The first-order chi connectivity index (χ1) is 13.8. The van der Waals surface area contributed by atoms with Crippen molar-refractivity contribution in [3.8, 4) is 0 Å². The third-order valence-electron chi connectivity index (χ3n) is 4.91. The maximum absolute atomic E-state index is 12.8. The standard InChI is InChI=1S/C20H24ClN3O4S.ClH/c1-2-23-8-10-24(11-9-23)19-7-6-16(20(25)26)13-18(19)22-29(27,28)14-15-4-3-5-17(21)12-15;/h3-7,12-13,22H,2,8-11,14H2,1H3,(H,25,26);1H. The number of sulfonamides is 1. The second-order valence-electron chi connectivity index (χ2n) is 6.95. The van der Waals surface area contributed by atoms with E-state index in [-0.39, 0.29) is 29.4 Å². The number of hydrogen-bond acceptors (Lipinski definition) is 5. The molecular weight excluding hydrogens is 449 g/mol. The van der Waals surface area contributed by atoms with Crippen molar-refractivity contribution < 1.29 is 18.3 Å². The molecule has 0 atom stereocenters. The Labute approximate surface area is 188 Å². The average molecular weight is 474 g/mol. The van der Waals surface area contributed by atoms with E-state index in [9.17, 15) is 18.3 Å². The molecular formula is C20H25Cl2N3O4S. The number of aromatic carboxylic acids is 1. The molecule has 1 saturated heterocycles. The number of carboxylic acid groups (broad SMARTS) is 1. The van der Waals surface area contributed by atoms with Crippen molar-refractivity contribution in [2.24, 2.45) is 0 Å². The van der Waals surface area contributed by atoms with Gasteiger partial charge in [0.1, 0.15) is 0 Å². The van der Waals surface area contributed by atoms with Crippen molar-refractivity contribution in [1.29, 1.82) is 0 Å². The van der Waals surface area contributed by atoms with Gasteiger partial charge in [0.05, 0.1) is 22.7 Å². The molecule has 3 rings (SSSR count). The zero-order valence-electron chi connectivity index (χ0n) is 16.5. The van der Waals surface area contributed by atoms with Gasteiger partial charge in [-0.25, -0.2) is 13.2 Å². The first-order valence-electron chi connectivity index (χ1n) is 9.37. The van der Waals surface area contributed by atoms with Crippen molar-refractivity contribution >= 4 is 51.4 Å². The number of halogens is 2. The van der Waals surface area contributed by atoms with Crippen LogP contribution in [0.2, 0.25) is 5.02 Å². The van der Waals surface area contributed by atoms with Gasteiger partial charge in [0.15, 0.2) is 0 Å². The molecule has 2 N–H and O–H groups in total. The van der Waals surface area contributed by atoms with Crippen LogP contribution in [-0.2, 0) is 15.8 Å². The molecule has 0 spiro atoms. The third kappa shape index (κ3) is 6.25. The lowest BCUT2D eigenvalue weighted by Gasteiger charge is -2.36. The topological polar surface area (TPSA) is 89.9 Å². The molecule has 10 heteroatoms. The third-order valence-corrected chi connectivity index (χ3v) is 6.39. The number of anilines is 2. The molecule has 0 amide bonds. The molecule has 0 aliphatic carbocycles. The van der Waals surface area contributed by atoms with Crippen molar-refractivity contribution in [1.82, 2.24) is 4.90 Å². The average Bonchev–Trinajstić information content (AvgIpc) is 2.67. The SMILES string of the molecule is CCN1CCN(c2ccc(C(=O)O)cc2NS(=O)(=O)Cc2cccc(Cl)c2)CC1.Cl. The molecule has 164 valence electrons. The summed E-state index contributed by atoms with van der Waals surface area (Å²) in [6.07, 6.45) is 0. The Bertz CT molecular complexity index is 993. The predicted molar refractivity (Wildman–Crippen MR) is 123 cm³/mol. The molecule has 1 heterocycles. The highest BCUT2D eigenvalue weighted by Gasteiger charge is 2.22. The Morgan fingerprint density at radius 3 is 2.43 bits per heavy atom. The largest absolute Gasteiger partial charge is 0.478 e. The zero-order valence-corrected chi connectivity index (χ0v) is 18.9. The van der Waals surface area contributed by atoms with Gasteiger partial charge >= 0.3 is 5.97 Å². The molecule has 0 radical (unpaired) electrons. The first kappa shape index (κ1) is 24.3. The molecule has 30 heavy (non-hydrogen) atoms. The molecule has 0 bridgehead atoms. The number of nitrogens with zero attached hydrogens (tertiary/aromatic N) is 2. The Morgan fingerprint density at radius 2 is 1.83 bits per heavy atom. The molecule has 0 aromatic heterocycles. The fourth-order valence-corrected chi connectivity index (χ4v) is 4.78. The van der Waals surface area contributed by atoms with Gasteiger partial charge in [-0.3, -0.25) is 4.72 Å². The molecule has 1 fully saturated rings. The van der Waals surface area contributed by atoms with Crippen LogP contribution in [0, 0.1) is 0 Å². The number of likely N-dealkylation sites (N-methyl/N-ethyl adjacent to an activating group) is 1. The zero-order chi connectivity index (χ0) is 21.0. The monoisotopic (exact) mass is 473 g/mol. The minimum absolute atomic E-state index is 0. The van der Waals surface area contributed by atoms with Crippen molar-refractivity contribution in [2.45, 2.75) is 12.7 Å². The summed E-state index contributed by atoms with van der Waals surface area (Å²) in [6.45, 7) is 6.28. The summed E-state index contributed by atoms with van der Waals surface area (Å²) in [5, 5.41) is 9.79.